The Hall–Kier alpha value is -2.63. The smallest absolute Gasteiger partial charge is 0.229 e. The summed E-state index contributed by atoms with van der Waals surface area (Å²) >= 11 is 0. The molecule has 14 nitrogen and oxygen atoms in total. The Kier molecular flexibility index (Phi) is 9.16. The van der Waals surface area contributed by atoms with E-state index in [1.54, 1.807) is 18.2 Å². The molecule has 2 heterocycles. The molecule has 0 aromatic heterocycles. The minimum Gasteiger partial charge on any atom is -0.506 e. The Labute approximate surface area is 228 Å². The second-order valence-electron chi connectivity index (χ2n) is 9.78. The summed E-state index contributed by atoms with van der Waals surface area (Å²) in [7, 11) is 1.38. The monoisotopic (exact) mass is 570 g/mol. The highest BCUT2D eigenvalue weighted by molar-refractivity contribution is 6.09. The number of carbonyl (C=O) groups excluding carboxylic acids is 1. The van der Waals surface area contributed by atoms with Crippen LogP contribution in [0.3, 0.4) is 0 Å². The molecular weight excluding hydrogens is 536 g/mol. The number of aliphatic hydroxyl groups is 7. The fraction of sp³-hybridized carbons (Fsp3) is 0.577. The Morgan fingerprint density at radius 2 is 1.50 bits per heavy atom. The maximum absolute atomic E-state index is 12.4. The van der Waals surface area contributed by atoms with Crippen LogP contribution in [-0.4, -0.2) is 128 Å². The van der Waals surface area contributed by atoms with E-state index < -0.39 is 80.4 Å². The molecule has 8 N–H and O–H groups in total. The van der Waals surface area contributed by atoms with Gasteiger partial charge in [0.05, 0.1) is 31.3 Å². The van der Waals surface area contributed by atoms with E-state index in [-0.39, 0.29) is 33.8 Å². The molecule has 0 bridgehead atoms. The van der Waals surface area contributed by atoms with Gasteiger partial charge in [-0.2, -0.15) is 0 Å². The third kappa shape index (κ3) is 5.35. The van der Waals surface area contributed by atoms with Gasteiger partial charge in [-0.05, 0) is 19.9 Å². The molecule has 0 saturated carbocycles. The minimum atomic E-state index is -1.78. The van der Waals surface area contributed by atoms with Crippen LogP contribution in [0.5, 0.6) is 17.2 Å². The minimum absolute atomic E-state index is 0.0399. The molecule has 0 aliphatic carbocycles. The average Bonchev–Trinajstić information content (AvgIpc) is 2.93. The topological polar surface area (TPSA) is 225 Å². The summed E-state index contributed by atoms with van der Waals surface area (Å²) in [6.07, 6.45) is -16.0. The number of fused-ring (bicyclic) bond motifs is 1. The van der Waals surface area contributed by atoms with Gasteiger partial charge in [-0.25, -0.2) is 0 Å². The summed E-state index contributed by atoms with van der Waals surface area (Å²) in [4.78, 5) is 12.4. The van der Waals surface area contributed by atoms with Crippen molar-refractivity contribution in [1.29, 1.82) is 0 Å². The van der Waals surface area contributed by atoms with Crippen molar-refractivity contribution in [3.8, 4) is 17.2 Å². The number of phenols is 1. The number of rotatable bonds is 8. The summed E-state index contributed by atoms with van der Waals surface area (Å²) < 4.78 is 27.8. The first kappa shape index (κ1) is 30.3. The zero-order valence-electron chi connectivity index (χ0n) is 21.9. The van der Waals surface area contributed by atoms with Crippen molar-refractivity contribution in [1.82, 2.24) is 0 Å². The van der Waals surface area contributed by atoms with Crippen LogP contribution < -0.4 is 9.47 Å². The molecule has 222 valence electrons. The zero-order chi connectivity index (χ0) is 29.5. The van der Waals surface area contributed by atoms with Crippen molar-refractivity contribution in [2.45, 2.75) is 75.3 Å². The van der Waals surface area contributed by atoms with Crippen LogP contribution in [0.25, 0.3) is 10.8 Å². The molecule has 2 aliphatic heterocycles. The Morgan fingerprint density at radius 3 is 2.10 bits per heavy atom. The van der Waals surface area contributed by atoms with Crippen molar-refractivity contribution in [3.05, 3.63) is 29.3 Å². The van der Waals surface area contributed by atoms with Crippen LogP contribution in [0.4, 0.5) is 0 Å². The van der Waals surface area contributed by atoms with Crippen LogP contribution >= 0.6 is 0 Å². The maximum Gasteiger partial charge on any atom is 0.229 e. The number of carbonyl (C=O) groups is 1. The van der Waals surface area contributed by atoms with Gasteiger partial charge in [-0.1, -0.05) is 12.1 Å². The number of phenolic OH excluding ortho intramolecular Hbond substituents is 1. The van der Waals surface area contributed by atoms with Gasteiger partial charge in [0.1, 0.15) is 66.1 Å². The first-order chi connectivity index (χ1) is 18.9. The van der Waals surface area contributed by atoms with Crippen LogP contribution in [0.15, 0.2) is 18.2 Å². The van der Waals surface area contributed by atoms with E-state index in [4.69, 9.17) is 23.7 Å². The van der Waals surface area contributed by atoms with Gasteiger partial charge in [0.25, 0.3) is 0 Å². The highest BCUT2D eigenvalue weighted by Crippen LogP contribution is 2.45. The molecule has 0 amide bonds. The number of hydrogen-bond donors (Lipinski definition) is 8. The lowest BCUT2D eigenvalue weighted by molar-refractivity contribution is -0.323. The fourth-order valence-electron chi connectivity index (χ4n) is 5.00. The van der Waals surface area contributed by atoms with Crippen molar-refractivity contribution in [3.63, 3.8) is 0 Å². The van der Waals surface area contributed by atoms with E-state index in [0.717, 1.165) is 0 Å². The number of benzene rings is 2. The molecule has 40 heavy (non-hydrogen) atoms. The third-order valence-corrected chi connectivity index (χ3v) is 7.21. The molecule has 0 spiro atoms. The van der Waals surface area contributed by atoms with Gasteiger partial charge in [0.2, 0.25) is 6.29 Å². The lowest BCUT2D eigenvalue weighted by atomic mass is 9.95. The van der Waals surface area contributed by atoms with E-state index >= 15 is 0 Å². The molecule has 2 aromatic carbocycles. The number of methoxy groups -OCH3 is 1. The molecule has 2 fully saturated rings. The second kappa shape index (κ2) is 12.1. The molecule has 0 radical (unpaired) electrons. The van der Waals surface area contributed by atoms with Crippen LogP contribution in [0.2, 0.25) is 0 Å². The second-order valence-corrected chi connectivity index (χ2v) is 9.78. The molecule has 0 unspecified atom stereocenters. The molecule has 14 heteroatoms. The zero-order valence-corrected chi connectivity index (χ0v) is 21.9. The third-order valence-electron chi connectivity index (χ3n) is 7.21. The SMILES string of the molecule is COc1cccc2c(O[C@@H]3O[C@H](CO[C@@H]4O[C@H](CO)[C@@H](O)[C@H](O)[C@H]4O)[C@@H](O)[C@H](O)[C@H]3O)c(C)c(C(C)=O)c(O)c12. The Morgan fingerprint density at radius 1 is 0.900 bits per heavy atom. The van der Waals surface area contributed by atoms with Gasteiger partial charge in [-0.3, -0.25) is 4.79 Å². The molecular formula is C26H34O14. The predicted octanol–water partition coefficient (Wildman–Crippen LogP) is -1.93. The lowest BCUT2D eigenvalue weighted by Gasteiger charge is -2.42. The van der Waals surface area contributed by atoms with Gasteiger partial charge in [0, 0.05) is 10.9 Å². The van der Waals surface area contributed by atoms with E-state index in [1.165, 1.54) is 21.0 Å². The lowest BCUT2D eigenvalue weighted by Crippen LogP contribution is -2.62. The van der Waals surface area contributed by atoms with E-state index in [1.807, 2.05) is 0 Å². The Balaban J connectivity index is 1.62. The number of ether oxygens (including phenoxy) is 5. The predicted molar refractivity (Wildman–Crippen MR) is 134 cm³/mol. The van der Waals surface area contributed by atoms with Crippen molar-refractivity contribution in [2.75, 3.05) is 20.3 Å². The van der Waals surface area contributed by atoms with Crippen LogP contribution in [0.1, 0.15) is 22.8 Å². The van der Waals surface area contributed by atoms with Crippen LogP contribution in [0, 0.1) is 6.92 Å². The summed E-state index contributed by atoms with van der Waals surface area (Å²) in [5.41, 5.74) is 0.164. The molecule has 10 atom stereocenters. The van der Waals surface area contributed by atoms with E-state index in [0.29, 0.717) is 5.39 Å². The van der Waals surface area contributed by atoms with E-state index in [9.17, 15) is 45.6 Å². The van der Waals surface area contributed by atoms with Gasteiger partial charge < -0.3 is 64.5 Å². The van der Waals surface area contributed by atoms with Gasteiger partial charge in [0.15, 0.2) is 12.1 Å². The number of Topliss-reactive ketones (excluding diaryl/α,β-unsaturated/α-hetero) is 1. The average molecular weight is 571 g/mol. The highest BCUT2D eigenvalue weighted by atomic mass is 16.7. The van der Waals surface area contributed by atoms with Crippen molar-refractivity contribution >= 4 is 16.6 Å². The number of ketones is 1. The summed E-state index contributed by atoms with van der Waals surface area (Å²) in [5.74, 6) is -0.512. The normalized spacial score (nSPS) is 34.5. The largest absolute Gasteiger partial charge is 0.506 e. The van der Waals surface area contributed by atoms with Crippen molar-refractivity contribution in [2.24, 2.45) is 0 Å². The maximum atomic E-state index is 12.4. The Bertz CT molecular complexity index is 1220. The number of aliphatic hydroxyl groups excluding tert-OH is 7. The van der Waals surface area contributed by atoms with Gasteiger partial charge in [-0.15, -0.1) is 0 Å². The number of hydrogen-bond acceptors (Lipinski definition) is 14. The standard InChI is InChI=1S/C26H34O14/c1-9-15(10(2)28)19(31)16-11(5-4-6-12(16)36-3)24(9)40-26-23(35)21(33)18(30)14(39-26)8-37-25-22(34)20(32)17(29)13(7-27)38-25/h4-6,13-14,17-18,20-23,25-27,29-35H,7-8H2,1-3H3/t13-,14-,17-,18-,20+,21+,22-,23-,25-,26+/m1/s1. The summed E-state index contributed by atoms with van der Waals surface area (Å²) in [6, 6.07) is 4.78. The summed E-state index contributed by atoms with van der Waals surface area (Å²) in [5, 5.41) is 82.6. The molecule has 4 rings (SSSR count). The first-order valence-electron chi connectivity index (χ1n) is 12.5. The van der Waals surface area contributed by atoms with Crippen LogP contribution in [-0.2, 0) is 14.2 Å². The molecule has 2 aliphatic rings. The molecule has 2 saturated heterocycles. The molecule has 2 aromatic rings. The fourth-order valence-corrected chi connectivity index (χ4v) is 5.00. The van der Waals surface area contributed by atoms with E-state index in [2.05, 4.69) is 0 Å². The van der Waals surface area contributed by atoms with Gasteiger partial charge >= 0.3 is 0 Å². The summed E-state index contributed by atoms with van der Waals surface area (Å²) in [6.45, 7) is 1.55. The number of aromatic hydroxyl groups is 1. The first-order valence-corrected chi connectivity index (χ1v) is 12.5. The highest BCUT2D eigenvalue weighted by Gasteiger charge is 2.48. The quantitative estimate of drug-likeness (QED) is 0.162. The van der Waals surface area contributed by atoms with Crippen molar-refractivity contribution < 1.29 is 69.3 Å².